The lowest BCUT2D eigenvalue weighted by atomic mass is 9.97. The molecule has 2 aromatic rings. The third-order valence-corrected chi connectivity index (χ3v) is 3.38. The molecule has 0 aliphatic rings. The van der Waals surface area contributed by atoms with Gasteiger partial charge in [0.2, 0.25) is 0 Å². The SMILES string of the molecule is CCNc1cc(-c2c(C)cc(C)cc2C)nc(CC)n1. The molecule has 0 atom stereocenters. The van der Waals surface area contributed by atoms with Gasteiger partial charge in [-0.15, -0.1) is 0 Å². The van der Waals surface area contributed by atoms with Crippen LogP contribution in [0.3, 0.4) is 0 Å². The highest BCUT2D eigenvalue weighted by atomic mass is 15.0. The second kappa shape index (κ2) is 6.04. The minimum Gasteiger partial charge on any atom is -0.370 e. The smallest absolute Gasteiger partial charge is 0.131 e. The summed E-state index contributed by atoms with van der Waals surface area (Å²) in [5.41, 5.74) is 6.08. The first-order valence-corrected chi connectivity index (χ1v) is 7.25. The van der Waals surface area contributed by atoms with E-state index in [1.807, 2.05) is 6.07 Å². The molecule has 1 aromatic carbocycles. The van der Waals surface area contributed by atoms with E-state index in [1.165, 1.54) is 22.3 Å². The number of aromatic nitrogens is 2. The fraction of sp³-hybridized carbons (Fsp3) is 0.412. The van der Waals surface area contributed by atoms with Gasteiger partial charge in [-0.1, -0.05) is 24.6 Å². The van der Waals surface area contributed by atoms with E-state index in [9.17, 15) is 0 Å². The van der Waals surface area contributed by atoms with E-state index in [0.29, 0.717) is 0 Å². The molecule has 3 heteroatoms. The van der Waals surface area contributed by atoms with Crippen molar-refractivity contribution in [1.29, 1.82) is 0 Å². The first kappa shape index (κ1) is 14.5. The largest absolute Gasteiger partial charge is 0.370 e. The van der Waals surface area contributed by atoms with Crippen LogP contribution < -0.4 is 5.32 Å². The summed E-state index contributed by atoms with van der Waals surface area (Å²) in [5.74, 6) is 1.80. The van der Waals surface area contributed by atoms with Gasteiger partial charge in [0.15, 0.2) is 0 Å². The van der Waals surface area contributed by atoms with Crippen molar-refractivity contribution in [3.63, 3.8) is 0 Å². The first-order chi connectivity index (χ1) is 9.55. The van der Waals surface area contributed by atoms with Crippen molar-refractivity contribution >= 4 is 5.82 Å². The molecule has 0 fully saturated rings. The maximum atomic E-state index is 4.70. The maximum Gasteiger partial charge on any atom is 0.131 e. The molecule has 106 valence electrons. The molecule has 0 aliphatic carbocycles. The summed E-state index contributed by atoms with van der Waals surface area (Å²) >= 11 is 0. The van der Waals surface area contributed by atoms with Crippen molar-refractivity contribution in [2.75, 3.05) is 11.9 Å². The first-order valence-electron chi connectivity index (χ1n) is 7.25. The molecule has 0 bridgehead atoms. The molecule has 1 aromatic heterocycles. The van der Waals surface area contributed by atoms with E-state index in [2.05, 4.69) is 57.1 Å². The van der Waals surface area contributed by atoms with Gasteiger partial charge in [-0.3, -0.25) is 0 Å². The van der Waals surface area contributed by atoms with Crippen LogP contribution in [0.15, 0.2) is 18.2 Å². The molecular formula is C17H23N3. The number of nitrogens with one attached hydrogen (secondary N) is 1. The van der Waals surface area contributed by atoms with E-state index in [0.717, 1.165) is 30.3 Å². The Morgan fingerprint density at radius 1 is 0.950 bits per heavy atom. The monoisotopic (exact) mass is 269 g/mol. The van der Waals surface area contributed by atoms with Crippen LogP contribution in [-0.4, -0.2) is 16.5 Å². The Bertz CT molecular complexity index is 595. The topological polar surface area (TPSA) is 37.8 Å². The van der Waals surface area contributed by atoms with Crippen molar-refractivity contribution in [3.05, 3.63) is 40.7 Å². The summed E-state index contributed by atoms with van der Waals surface area (Å²) in [6.45, 7) is 11.5. The Morgan fingerprint density at radius 3 is 2.15 bits per heavy atom. The van der Waals surface area contributed by atoms with Crippen LogP contribution in [0.4, 0.5) is 5.82 Å². The van der Waals surface area contributed by atoms with Crippen LogP contribution in [0.2, 0.25) is 0 Å². The van der Waals surface area contributed by atoms with Crippen LogP contribution in [-0.2, 0) is 6.42 Å². The zero-order valence-corrected chi connectivity index (χ0v) is 13.0. The number of hydrogen-bond acceptors (Lipinski definition) is 3. The molecule has 0 amide bonds. The van der Waals surface area contributed by atoms with Gasteiger partial charge in [-0.05, 0) is 38.8 Å². The number of benzene rings is 1. The Balaban J connectivity index is 2.60. The average Bonchev–Trinajstić information content (AvgIpc) is 2.37. The summed E-state index contributed by atoms with van der Waals surface area (Å²) in [6, 6.07) is 6.47. The molecule has 0 radical (unpaired) electrons. The van der Waals surface area contributed by atoms with Crippen LogP contribution >= 0.6 is 0 Å². The molecule has 2 rings (SSSR count). The van der Waals surface area contributed by atoms with E-state index in [-0.39, 0.29) is 0 Å². The summed E-state index contributed by atoms with van der Waals surface area (Å²) in [7, 11) is 0. The second-order valence-corrected chi connectivity index (χ2v) is 5.21. The Hall–Kier alpha value is -1.90. The summed E-state index contributed by atoms with van der Waals surface area (Å²) in [4.78, 5) is 9.23. The molecule has 0 saturated carbocycles. The molecule has 3 nitrogen and oxygen atoms in total. The molecule has 1 heterocycles. The summed E-state index contributed by atoms with van der Waals surface area (Å²) in [5, 5.41) is 3.29. The standard InChI is InChI=1S/C17H23N3/c1-6-15-19-14(10-16(20-15)18-7-2)17-12(4)8-11(3)9-13(17)5/h8-10H,6-7H2,1-5H3,(H,18,19,20). The van der Waals surface area contributed by atoms with E-state index in [4.69, 9.17) is 4.98 Å². The van der Waals surface area contributed by atoms with E-state index in [1.54, 1.807) is 0 Å². The maximum absolute atomic E-state index is 4.70. The third kappa shape index (κ3) is 2.98. The molecular weight excluding hydrogens is 246 g/mol. The minimum atomic E-state index is 0.843. The van der Waals surface area contributed by atoms with Crippen molar-refractivity contribution in [3.8, 4) is 11.3 Å². The molecule has 0 spiro atoms. The lowest BCUT2D eigenvalue weighted by molar-refractivity contribution is 0.938. The third-order valence-electron chi connectivity index (χ3n) is 3.38. The summed E-state index contributed by atoms with van der Waals surface area (Å²) < 4.78 is 0. The second-order valence-electron chi connectivity index (χ2n) is 5.21. The Kier molecular flexibility index (Phi) is 4.38. The lowest BCUT2D eigenvalue weighted by Gasteiger charge is -2.13. The van der Waals surface area contributed by atoms with Crippen molar-refractivity contribution in [1.82, 2.24) is 9.97 Å². The highest BCUT2D eigenvalue weighted by Crippen LogP contribution is 2.28. The molecule has 1 N–H and O–H groups in total. The quantitative estimate of drug-likeness (QED) is 0.909. The zero-order chi connectivity index (χ0) is 14.7. The number of aryl methyl sites for hydroxylation is 4. The number of nitrogens with zero attached hydrogens (tertiary/aromatic N) is 2. The van der Waals surface area contributed by atoms with Gasteiger partial charge >= 0.3 is 0 Å². The van der Waals surface area contributed by atoms with E-state index >= 15 is 0 Å². The molecule has 0 saturated heterocycles. The van der Waals surface area contributed by atoms with Gasteiger partial charge in [0.25, 0.3) is 0 Å². The van der Waals surface area contributed by atoms with Crippen LogP contribution in [0.1, 0.15) is 36.4 Å². The van der Waals surface area contributed by atoms with Gasteiger partial charge < -0.3 is 5.32 Å². The van der Waals surface area contributed by atoms with Crippen molar-refractivity contribution in [2.24, 2.45) is 0 Å². The fourth-order valence-corrected chi connectivity index (χ4v) is 2.64. The molecule has 0 unspecified atom stereocenters. The predicted octanol–water partition coefficient (Wildman–Crippen LogP) is 4.06. The van der Waals surface area contributed by atoms with Gasteiger partial charge in [0.05, 0.1) is 5.69 Å². The number of rotatable bonds is 4. The summed E-state index contributed by atoms with van der Waals surface area (Å²) in [6.07, 6.45) is 0.843. The zero-order valence-electron chi connectivity index (χ0n) is 13.0. The van der Waals surface area contributed by atoms with Gasteiger partial charge in [-0.25, -0.2) is 9.97 Å². The van der Waals surface area contributed by atoms with Gasteiger partial charge in [0, 0.05) is 24.6 Å². The van der Waals surface area contributed by atoms with Gasteiger partial charge in [-0.2, -0.15) is 0 Å². The van der Waals surface area contributed by atoms with Crippen LogP contribution in [0.25, 0.3) is 11.3 Å². The predicted molar refractivity (Wildman–Crippen MR) is 85.2 cm³/mol. The van der Waals surface area contributed by atoms with Crippen LogP contribution in [0.5, 0.6) is 0 Å². The van der Waals surface area contributed by atoms with Crippen molar-refractivity contribution in [2.45, 2.75) is 41.0 Å². The van der Waals surface area contributed by atoms with Gasteiger partial charge in [0.1, 0.15) is 11.6 Å². The number of hydrogen-bond donors (Lipinski definition) is 1. The number of anilines is 1. The minimum absolute atomic E-state index is 0.843. The molecule has 20 heavy (non-hydrogen) atoms. The van der Waals surface area contributed by atoms with E-state index < -0.39 is 0 Å². The van der Waals surface area contributed by atoms with Crippen molar-refractivity contribution < 1.29 is 0 Å². The fourth-order valence-electron chi connectivity index (χ4n) is 2.64. The normalized spacial score (nSPS) is 10.7. The highest BCUT2D eigenvalue weighted by molar-refractivity contribution is 5.70. The average molecular weight is 269 g/mol. The Morgan fingerprint density at radius 2 is 1.60 bits per heavy atom. The van der Waals surface area contributed by atoms with Crippen LogP contribution in [0, 0.1) is 20.8 Å². The molecule has 0 aliphatic heterocycles. The Labute approximate surface area is 121 Å². The highest BCUT2D eigenvalue weighted by Gasteiger charge is 2.11. The lowest BCUT2D eigenvalue weighted by Crippen LogP contribution is -2.05.